The van der Waals surface area contributed by atoms with Crippen molar-refractivity contribution in [2.45, 2.75) is 45.2 Å². The summed E-state index contributed by atoms with van der Waals surface area (Å²) in [6.45, 7) is 5.18. The predicted molar refractivity (Wildman–Crippen MR) is 111 cm³/mol. The molecule has 4 aromatic rings. The maximum atomic E-state index is 5.97. The van der Waals surface area contributed by atoms with Gasteiger partial charge in [0.1, 0.15) is 5.82 Å². The first kappa shape index (κ1) is 17.6. The van der Waals surface area contributed by atoms with E-state index in [1.54, 1.807) is 11.3 Å². The zero-order chi connectivity index (χ0) is 19.3. The van der Waals surface area contributed by atoms with Gasteiger partial charge in [0.2, 0.25) is 10.1 Å². The van der Waals surface area contributed by atoms with Gasteiger partial charge in [0.05, 0.1) is 17.9 Å². The van der Waals surface area contributed by atoms with Crippen molar-refractivity contribution in [3.8, 4) is 11.3 Å². The van der Waals surface area contributed by atoms with Gasteiger partial charge in [-0.25, -0.2) is 19.2 Å². The second-order valence-corrected chi connectivity index (χ2v) is 8.70. The van der Waals surface area contributed by atoms with Gasteiger partial charge >= 0.3 is 0 Å². The fourth-order valence-electron chi connectivity index (χ4n) is 3.42. The lowest BCUT2D eigenvalue weighted by Crippen LogP contribution is -2.22. The van der Waals surface area contributed by atoms with Gasteiger partial charge in [-0.1, -0.05) is 48.9 Å². The van der Waals surface area contributed by atoms with Gasteiger partial charge in [0, 0.05) is 23.0 Å². The van der Waals surface area contributed by atoms with E-state index in [0.717, 1.165) is 57.4 Å². The molecule has 0 fully saturated rings. The second-order valence-electron chi connectivity index (χ2n) is 7.31. The van der Waals surface area contributed by atoms with E-state index in [2.05, 4.69) is 29.4 Å². The van der Waals surface area contributed by atoms with Crippen molar-refractivity contribution < 1.29 is 0 Å². The number of fused-ring (bicyclic) bond motifs is 2. The maximum absolute atomic E-state index is 5.97. The summed E-state index contributed by atoms with van der Waals surface area (Å²) in [4.78, 5) is 10.3. The molecule has 9 heteroatoms. The van der Waals surface area contributed by atoms with Crippen LogP contribution in [0.4, 0.5) is 5.13 Å². The Morgan fingerprint density at radius 3 is 2.75 bits per heavy atom. The van der Waals surface area contributed by atoms with Crippen LogP contribution in [-0.4, -0.2) is 29.4 Å². The van der Waals surface area contributed by atoms with Crippen molar-refractivity contribution >= 4 is 33.0 Å². The molecule has 7 nitrogen and oxygen atoms in total. The molecular weight excluding hydrogens is 394 g/mol. The van der Waals surface area contributed by atoms with E-state index in [9.17, 15) is 0 Å². The largest absolute Gasteiger partial charge is 0.350 e. The van der Waals surface area contributed by atoms with Crippen LogP contribution >= 0.6 is 22.9 Å². The first-order valence-electron chi connectivity index (χ1n) is 9.40. The number of imidazole rings is 1. The van der Waals surface area contributed by atoms with E-state index < -0.39 is 0 Å². The first-order valence-corrected chi connectivity index (χ1v) is 10.6. The van der Waals surface area contributed by atoms with E-state index in [1.807, 2.05) is 39.7 Å². The fourth-order valence-corrected chi connectivity index (χ4v) is 4.38. The molecule has 0 bridgehead atoms. The summed E-state index contributed by atoms with van der Waals surface area (Å²) in [5.74, 6) is 2.24. The molecule has 1 atom stereocenters. The topological polar surface area (TPSA) is 72.9 Å². The molecule has 1 aromatic carbocycles. The summed E-state index contributed by atoms with van der Waals surface area (Å²) < 4.78 is 3.86. The minimum Gasteiger partial charge on any atom is -0.350 e. The number of aryl methyl sites for hydroxylation is 1. The number of rotatable bonds is 4. The highest BCUT2D eigenvalue weighted by Gasteiger charge is 2.26. The SMILES string of the molecule is CC(C)c1nc2n(n1)CCCC2Nc1nn2cc(-c3ccc(Cl)cc3)nc2s1. The van der Waals surface area contributed by atoms with Crippen molar-refractivity contribution in [2.24, 2.45) is 0 Å². The average Bonchev–Trinajstić information content (AvgIpc) is 3.35. The van der Waals surface area contributed by atoms with Gasteiger partial charge in [0.25, 0.3) is 0 Å². The zero-order valence-electron chi connectivity index (χ0n) is 15.6. The molecule has 0 amide bonds. The smallest absolute Gasteiger partial charge is 0.214 e. The summed E-state index contributed by atoms with van der Waals surface area (Å²) in [6.07, 6.45) is 4.05. The molecule has 28 heavy (non-hydrogen) atoms. The number of halogens is 1. The summed E-state index contributed by atoms with van der Waals surface area (Å²) in [5, 5.41) is 14.4. The van der Waals surface area contributed by atoms with Gasteiger partial charge in [-0.3, -0.25) is 0 Å². The van der Waals surface area contributed by atoms with Crippen molar-refractivity contribution in [1.29, 1.82) is 0 Å². The Bertz CT molecular complexity index is 1090. The van der Waals surface area contributed by atoms with Crippen molar-refractivity contribution in [2.75, 3.05) is 5.32 Å². The van der Waals surface area contributed by atoms with Crippen LogP contribution in [0.2, 0.25) is 5.02 Å². The molecule has 0 saturated heterocycles. The molecule has 1 aliphatic heterocycles. The number of anilines is 1. The molecule has 5 rings (SSSR count). The summed E-state index contributed by atoms with van der Waals surface area (Å²) in [5.41, 5.74) is 1.92. The van der Waals surface area contributed by atoms with E-state index in [0.29, 0.717) is 5.92 Å². The highest BCUT2D eigenvalue weighted by atomic mass is 35.5. The van der Waals surface area contributed by atoms with E-state index in [-0.39, 0.29) is 6.04 Å². The first-order chi connectivity index (χ1) is 13.6. The number of hydrogen-bond donors (Lipinski definition) is 1. The van der Waals surface area contributed by atoms with Crippen LogP contribution in [-0.2, 0) is 6.54 Å². The van der Waals surface area contributed by atoms with Crippen molar-refractivity contribution in [1.82, 2.24) is 29.4 Å². The molecule has 144 valence electrons. The number of benzene rings is 1. The highest BCUT2D eigenvalue weighted by molar-refractivity contribution is 7.20. The third-order valence-electron chi connectivity index (χ3n) is 4.89. The standard InChI is InChI=1S/C19H20ClN7S/c1-11(2)16-23-17-14(4-3-9-26(17)24-16)21-18-25-27-10-15(22-19(27)28-18)12-5-7-13(20)8-6-12/h5-8,10-11,14H,3-4,9H2,1-2H3,(H,21,25). The van der Waals surface area contributed by atoms with Gasteiger partial charge < -0.3 is 5.32 Å². The van der Waals surface area contributed by atoms with Crippen LogP contribution < -0.4 is 5.32 Å². The van der Waals surface area contributed by atoms with E-state index in [4.69, 9.17) is 21.6 Å². The van der Waals surface area contributed by atoms with Gasteiger partial charge in [-0.2, -0.15) is 5.10 Å². The predicted octanol–water partition coefficient (Wildman–Crippen LogP) is 4.77. The van der Waals surface area contributed by atoms with Gasteiger partial charge in [-0.05, 0) is 25.0 Å². The van der Waals surface area contributed by atoms with E-state index >= 15 is 0 Å². The van der Waals surface area contributed by atoms with Crippen LogP contribution in [0.25, 0.3) is 16.2 Å². The molecule has 0 spiro atoms. The Morgan fingerprint density at radius 1 is 1.18 bits per heavy atom. The number of aromatic nitrogens is 6. The molecule has 1 N–H and O–H groups in total. The van der Waals surface area contributed by atoms with Gasteiger partial charge in [-0.15, -0.1) is 5.10 Å². The molecule has 4 heterocycles. The third-order valence-corrected chi connectivity index (χ3v) is 5.99. The lowest BCUT2D eigenvalue weighted by atomic mass is 10.1. The minimum atomic E-state index is 0.125. The van der Waals surface area contributed by atoms with Crippen LogP contribution in [0.1, 0.15) is 50.3 Å². The fraction of sp³-hybridized carbons (Fsp3) is 0.368. The number of nitrogens with zero attached hydrogens (tertiary/aromatic N) is 6. The Balaban J connectivity index is 1.39. The molecule has 1 aliphatic rings. The quantitative estimate of drug-likeness (QED) is 0.521. The summed E-state index contributed by atoms with van der Waals surface area (Å²) in [7, 11) is 0. The Kier molecular flexibility index (Phi) is 4.32. The van der Waals surface area contributed by atoms with Crippen LogP contribution in [0.3, 0.4) is 0 Å². The van der Waals surface area contributed by atoms with Crippen LogP contribution in [0.15, 0.2) is 30.5 Å². The Morgan fingerprint density at radius 2 is 2.00 bits per heavy atom. The van der Waals surface area contributed by atoms with Gasteiger partial charge in [0.15, 0.2) is 5.82 Å². The number of hydrogen-bond acceptors (Lipinski definition) is 6. The van der Waals surface area contributed by atoms with E-state index in [1.165, 1.54) is 0 Å². The second kappa shape index (κ2) is 6.86. The highest BCUT2D eigenvalue weighted by Crippen LogP contribution is 2.31. The van der Waals surface area contributed by atoms with Crippen LogP contribution in [0.5, 0.6) is 0 Å². The monoisotopic (exact) mass is 413 g/mol. The summed E-state index contributed by atoms with van der Waals surface area (Å²) >= 11 is 7.51. The van der Waals surface area contributed by atoms with Crippen molar-refractivity contribution in [3.05, 3.63) is 47.1 Å². The Hall–Kier alpha value is -2.45. The molecule has 0 radical (unpaired) electrons. The molecule has 1 unspecified atom stereocenters. The minimum absolute atomic E-state index is 0.125. The van der Waals surface area contributed by atoms with Crippen LogP contribution in [0, 0.1) is 0 Å². The maximum Gasteiger partial charge on any atom is 0.214 e. The molecular formula is C19H20ClN7S. The number of nitrogens with one attached hydrogen (secondary N) is 1. The molecule has 0 aliphatic carbocycles. The summed E-state index contributed by atoms with van der Waals surface area (Å²) in [6, 6.07) is 7.80. The normalized spacial score (nSPS) is 16.6. The third kappa shape index (κ3) is 3.16. The average molecular weight is 414 g/mol. The Labute approximate surface area is 171 Å². The molecule has 3 aromatic heterocycles. The van der Waals surface area contributed by atoms with Crippen molar-refractivity contribution in [3.63, 3.8) is 0 Å². The zero-order valence-corrected chi connectivity index (χ0v) is 17.2. The lowest BCUT2D eigenvalue weighted by molar-refractivity contribution is 0.436. The lowest BCUT2D eigenvalue weighted by Gasteiger charge is -2.22. The molecule has 0 saturated carbocycles.